The molecule has 1 saturated heterocycles. The van der Waals surface area contributed by atoms with Crippen LogP contribution in [0.15, 0.2) is 54.2 Å². The first kappa shape index (κ1) is 19.2. The van der Waals surface area contributed by atoms with Gasteiger partial charge < -0.3 is 9.88 Å². The van der Waals surface area contributed by atoms with Gasteiger partial charge in [-0.2, -0.15) is 0 Å². The summed E-state index contributed by atoms with van der Waals surface area (Å²) in [6.07, 6.45) is 11.7. The van der Waals surface area contributed by atoms with E-state index in [1.807, 2.05) is 0 Å². The van der Waals surface area contributed by atoms with Gasteiger partial charge in [0.1, 0.15) is 5.82 Å². The van der Waals surface area contributed by atoms with E-state index < -0.39 is 0 Å². The van der Waals surface area contributed by atoms with E-state index in [1.165, 1.54) is 34.4 Å². The van der Waals surface area contributed by atoms with E-state index in [2.05, 4.69) is 92.2 Å². The molecular weight excluding hydrogens is 366 g/mol. The number of rotatable bonds is 3. The quantitative estimate of drug-likeness (QED) is 0.569. The third-order valence-electron chi connectivity index (χ3n) is 7.07. The fourth-order valence-electron chi connectivity index (χ4n) is 4.95. The second-order valence-electron chi connectivity index (χ2n) is 9.15. The Morgan fingerprint density at radius 3 is 2.70 bits per heavy atom. The lowest BCUT2D eigenvalue weighted by Crippen LogP contribution is -2.39. The molecule has 3 nitrogen and oxygen atoms in total. The van der Waals surface area contributed by atoms with Crippen LogP contribution in [-0.2, 0) is 5.54 Å². The highest BCUT2D eigenvalue weighted by Crippen LogP contribution is 2.42. The second kappa shape index (κ2) is 7.16. The fraction of sp³-hybridized carbons (Fsp3) is 0.370. The molecule has 1 aromatic heterocycles. The van der Waals surface area contributed by atoms with Gasteiger partial charge >= 0.3 is 0 Å². The number of likely N-dealkylation sites (tertiary alicyclic amines) is 1. The first-order chi connectivity index (χ1) is 14.5. The lowest BCUT2D eigenvalue weighted by molar-refractivity contribution is 0.199. The Bertz CT molecular complexity index is 1150. The molecule has 0 saturated carbocycles. The molecule has 30 heavy (non-hydrogen) atoms. The summed E-state index contributed by atoms with van der Waals surface area (Å²) in [5.74, 6) is 1.39. The number of fused-ring (bicyclic) bond motifs is 1. The lowest BCUT2D eigenvalue weighted by Gasteiger charge is -2.37. The molecule has 5 rings (SSSR count). The zero-order valence-electron chi connectivity index (χ0n) is 18.4. The number of nitrogens with one attached hydrogen (secondary N) is 1. The second-order valence-corrected chi connectivity index (χ2v) is 9.15. The molecule has 3 aromatic rings. The summed E-state index contributed by atoms with van der Waals surface area (Å²) in [6.45, 7) is 9.84. The number of imidazole rings is 1. The summed E-state index contributed by atoms with van der Waals surface area (Å²) < 4.78 is 0. The largest absolute Gasteiger partial charge is 0.359 e. The number of benzene rings is 2. The maximum absolute atomic E-state index is 5.10. The summed E-state index contributed by atoms with van der Waals surface area (Å²) in [4.78, 5) is 11.3. The Hall–Kier alpha value is -2.81. The van der Waals surface area contributed by atoms with Crippen molar-refractivity contribution in [3.05, 3.63) is 88.4 Å². The molecule has 0 bridgehead atoms. The molecule has 2 aliphatic rings. The zero-order valence-corrected chi connectivity index (χ0v) is 18.4. The van der Waals surface area contributed by atoms with Crippen LogP contribution in [-0.4, -0.2) is 21.4 Å². The number of hydrogen-bond donors (Lipinski definition) is 1. The van der Waals surface area contributed by atoms with Crippen LogP contribution in [0.5, 0.6) is 0 Å². The van der Waals surface area contributed by atoms with Gasteiger partial charge in [-0.15, -0.1) is 0 Å². The Labute approximate surface area is 179 Å². The summed E-state index contributed by atoms with van der Waals surface area (Å²) in [7, 11) is 0. The van der Waals surface area contributed by atoms with Crippen LogP contribution < -0.4 is 0 Å². The zero-order chi connectivity index (χ0) is 20.9. The van der Waals surface area contributed by atoms with Gasteiger partial charge in [0.15, 0.2) is 0 Å². The summed E-state index contributed by atoms with van der Waals surface area (Å²) in [6, 6.07) is 13.2. The standard InChI is InChI=1S/C27H30N3/c1-18-9-12-21(13-10-18)22-7-5-8-23(17-22)30-16-6-15-27(30,4)26-28-24-14-11-19(2)20(3)25(24)29-26/h5,8-14,22H,6-7,15-16H2,1-4H3,(H,28,29)/t22?,27-/m0/s1. The van der Waals surface area contributed by atoms with Gasteiger partial charge in [0, 0.05) is 18.2 Å². The molecule has 1 aliphatic carbocycles. The van der Waals surface area contributed by atoms with Gasteiger partial charge in [0.05, 0.1) is 16.6 Å². The molecule has 1 fully saturated rings. The number of nitrogens with zero attached hydrogens (tertiary/aromatic N) is 2. The van der Waals surface area contributed by atoms with Gasteiger partial charge in [-0.3, -0.25) is 0 Å². The molecule has 3 heteroatoms. The van der Waals surface area contributed by atoms with Gasteiger partial charge in [-0.25, -0.2) is 4.98 Å². The average molecular weight is 397 g/mol. The Morgan fingerprint density at radius 2 is 1.90 bits per heavy atom. The van der Waals surface area contributed by atoms with Crippen LogP contribution in [0.4, 0.5) is 0 Å². The Kier molecular flexibility index (Phi) is 4.57. The number of allylic oxidation sites excluding steroid dienone is 3. The normalized spacial score (nSPS) is 23.9. The van der Waals surface area contributed by atoms with Gasteiger partial charge in [-0.05, 0) is 81.9 Å². The predicted octanol–water partition coefficient (Wildman–Crippen LogP) is 6.23. The maximum Gasteiger partial charge on any atom is 0.132 e. The first-order valence-corrected chi connectivity index (χ1v) is 11.1. The van der Waals surface area contributed by atoms with Crippen LogP contribution in [0, 0.1) is 26.8 Å². The van der Waals surface area contributed by atoms with Crippen LogP contribution in [0.25, 0.3) is 11.0 Å². The maximum atomic E-state index is 5.10. The van der Waals surface area contributed by atoms with Crippen molar-refractivity contribution >= 4 is 11.0 Å². The van der Waals surface area contributed by atoms with E-state index in [4.69, 9.17) is 4.98 Å². The number of hydrogen-bond acceptors (Lipinski definition) is 2. The highest BCUT2D eigenvalue weighted by molar-refractivity contribution is 5.80. The fourth-order valence-corrected chi connectivity index (χ4v) is 4.95. The van der Waals surface area contributed by atoms with E-state index in [-0.39, 0.29) is 5.54 Å². The van der Waals surface area contributed by atoms with Crippen molar-refractivity contribution in [3.8, 4) is 0 Å². The van der Waals surface area contributed by atoms with Gasteiger partial charge in [-0.1, -0.05) is 42.0 Å². The van der Waals surface area contributed by atoms with Crippen LogP contribution >= 0.6 is 0 Å². The average Bonchev–Trinajstić information content (AvgIpc) is 3.37. The Morgan fingerprint density at radius 1 is 1.10 bits per heavy atom. The predicted molar refractivity (Wildman–Crippen MR) is 123 cm³/mol. The molecule has 2 heterocycles. The third-order valence-corrected chi connectivity index (χ3v) is 7.07. The molecule has 1 N–H and O–H groups in total. The molecule has 1 aliphatic heterocycles. The number of H-pyrrole nitrogens is 1. The molecule has 1 unspecified atom stereocenters. The SMILES string of the molecule is Cc1ccc(C2[C]=C(N3CCC[C@@]3(C)c3nc4c(C)c(C)ccc4[nH]3)C=CC2)cc1. The molecule has 153 valence electrons. The van der Waals surface area contributed by atoms with Crippen molar-refractivity contribution in [1.82, 2.24) is 14.9 Å². The minimum Gasteiger partial charge on any atom is -0.359 e. The van der Waals surface area contributed by atoms with Crippen molar-refractivity contribution in [2.45, 2.75) is 58.4 Å². The summed E-state index contributed by atoms with van der Waals surface area (Å²) >= 11 is 0. The van der Waals surface area contributed by atoms with Crippen LogP contribution in [0.2, 0.25) is 0 Å². The van der Waals surface area contributed by atoms with Gasteiger partial charge in [0.2, 0.25) is 0 Å². The molecule has 0 amide bonds. The highest BCUT2D eigenvalue weighted by Gasteiger charge is 2.42. The van der Waals surface area contributed by atoms with Crippen LogP contribution in [0.3, 0.4) is 0 Å². The lowest BCUT2D eigenvalue weighted by atomic mass is 9.89. The Balaban J connectivity index is 1.52. The first-order valence-electron chi connectivity index (χ1n) is 11.1. The molecular formula is C27H30N3. The number of aromatic nitrogens is 2. The number of aromatic amines is 1. The number of aryl methyl sites for hydroxylation is 3. The van der Waals surface area contributed by atoms with E-state index >= 15 is 0 Å². The van der Waals surface area contributed by atoms with E-state index in [1.54, 1.807) is 0 Å². The third kappa shape index (κ3) is 3.08. The molecule has 1 radical (unpaired) electrons. The highest BCUT2D eigenvalue weighted by atomic mass is 15.3. The minimum absolute atomic E-state index is 0.138. The smallest absolute Gasteiger partial charge is 0.132 e. The van der Waals surface area contributed by atoms with E-state index in [9.17, 15) is 0 Å². The topological polar surface area (TPSA) is 31.9 Å². The van der Waals surface area contributed by atoms with Crippen molar-refractivity contribution < 1.29 is 0 Å². The summed E-state index contributed by atoms with van der Waals surface area (Å²) in [5, 5.41) is 0. The van der Waals surface area contributed by atoms with Crippen molar-refractivity contribution in [2.24, 2.45) is 0 Å². The monoisotopic (exact) mass is 396 g/mol. The minimum atomic E-state index is -0.138. The van der Waals surface area contributed by atoms with Crippen molar-refractivity contribution in [1.29, 1.82) is 0 Å². The molecule has 2 atom stereocenters. The molecule has 0 spiro atoms. The van der Waals surface area contributed by atoms with Gasteiger partial charge in [0.25, 0.3) is 0 Å². The van der Waals surface area contributed by atoms with E-state index in [0.29, 0.717) is 5.92 Å². The van der Waals surface area contributed by atoms with Crippen LogP contribution in [0.1, 0.15) is 60.2 Å². The van der Waals surface area contributed by atoms with Crippen molar-refractivity contribution in [2.75, 3.05) is 6.54 Å². The van der Waals surface area contributed by atoms with E-state index in [0.717, 1.165) is 36.2 Å². The van der Waals surface area contributed by atoms with Crippen molar-refractivity contribution in [3.63, 3.8) is 0 Å². The summed E-state index contributed by atoms with van der Waals surface area (Å²) in [5.41, 5.74) is 8.52. The molecule has 2 aromatic carbocycles.